The van der Waals surface area contributed by atoms with E-state index < -0.39 is 36.1 Å². The van der Waals surface area contributed by atoms with Crippen LogP contribution in [-0.2, 0) is 16.6 Å². The molecule has 0 bridgehead atoms. The summed E-state index contributed by atoms with van der Waals surface area (Å²) in [6, 6.07) is 5.87. The first-order valence-electron chi connectivity index (χ1n) is 18.6. The van der Waals surface area contributed by atoms with Crippen LogP contribution in [0.15, 0.2) is 53.8 Å². The van der Waals surface area contributed by atoms with Crippen LogP contribution >= 0.6 is 0 Å². The van der Waals surface area contributed by atoms with Crippen LogP contribution in [0.5, 0.6) is 0 Å². The highest BCUT2D eigenvalue weighted by molar-refractivity contribution is 6.08. The molecular formula is C37H42F3N11O4. The molecule has 1 aliphatic carbocycles. The molecule has 2 aliphatic heterocycles. The summed E-state index contributed by atoms with van der Waals surface area (Å²) in [6.45, 7) is 1.39. The summed E-state index contributed by atoms with van der Waals surface area (Å²) in [5.41, 5.74) is 1.44. The maximum Gasteiger partial charge on any atom is 0.329 e. The fourth-order valence-corrected chi connectivity index (χ4v) is 8.67. The lowest BCUT2D eigenvalue weighted by Gasteiger charge is -2.42. The van der Waals surface area contributed by atoms with Crippen molar-refractivity contribution >= 4 is 45.8 Å². The van der Waals surface area contributed by atoms with E-state index >= 15 is 4.39 Å². The average Bonchev–Trinajstić information content (AvgIpc) is 3.86. The number of nitrogens with one attached hydrogen (secondary N) is 2. The second kappa shape index (κ2) is 14.6. The molecule has 0 radical (unpaired) electrons. The first kappa shape index (κ1) is 36.5. The summed E-state index contributed by atoms with van der Waals surface area (Å²) in [5, 5.41) is 13.2. The van der Waals surface area contributed by atoms with Crippen molar-refractivity contribution in [1.29, 1.82) is 0 Å². The van der Waals surface area contributed by atoms with Crippen LogP contribution in [0.25, 0.3) is 16.7 Å². The normalized spacial score (nSPS) is 23.6. The van der Waals surface area contributed by atoms with Gasteiger partial charge in [-0.1, -0.05) is 6.07 Å². The van der Waals surface area contributed by atoms with Crippen LogP contribution in [0.1, 0.15) is 79.5 Å². The molecule has 4 aromatic heterocycles. The van der Waals surface area contributed by atoms with E-state index in [-0.39, 0.29) is 60.2 Å². The standard InChI is InChI=1S/C37H42F3N11O4/c1-46(26-13-16-48(19-24(26)38)27-5-3-6-28-32(27)47(2)37(55)51(28)29-11-12-30(52)44-36(29)54)18-21-7-9-22(10-8-21)50-20-25(31(45-50)33(39)40)43-35(53)23-17-42-49-15-4-14-41-34(23)49/h3-6,14-15,17,20-22,24,26,29,33H,7-13,16,18-19H2,1-2H3,(H,43,53)(H,44,52,54)/t21?,22?,24-,26+,29?/m0/s1. The molecule has 18 heteroatoms. The average molecular weight is 762 g/mol. The number of carbonyl (C=O) groups excluding carboxylic acids is 3. The van der Waals surface area contributed by atoms with Crippen molar-refractivity contribution in [3.63, 3.8) is 0 Å². The first-order chi connectivity index (χ1) is 26.5. The largest absolute Gasteiger partial charge is 0.367 e. The molecule has 1 saturated carbocycles. The van der Waals surface area contributed by atoms with Crippen molar-refractivity contribution in [2.24, 2.45) is 13.0 Å². The van der Waals surface area contributed by atoms with Crippen LogP contribution < -0.4 is 21.2 Å². The van der Waals surface area contributed by atoms with Crippen LogP contribution in [0.3, 0.4) is 0 Å². The maximum atomic E-state index is 16.0. The number of hydrogen-bond donors (Lipinski definition) is 2. The summed E-state index contributed by atoms with van der Waals surface area (Å²) in [4.78, 5) is 59.1. The van der Waals surface area contributed by atoms with Crippen molar-refractivity contribution in [1.82, 2.24) is 43.7 Å². The van der Waals surface area contributed by atoms with Gasteiger partial charge in [0.05, 0.1) is 41.2 Å². The topological polar surface area (TPSA) is 157 Å². The first-order valence-corrected chi connectivity index (χ1v) is 18.6. The smallest absolute Gasteiger partial charge is 0.329 e. The number of alkyl halides is 3. The number of aromatic nitrogens is 7. The Kier molecular flexibility index (Phi) is 9.69. The zero-order valence-electron chi connectivity index (χ0n) is 30.4. The number of para-hydroxylation sites is 1. The van der Waals surface area contributed by atoms with E-state index in [4.69, 9.17) is 0 Å². The van der Waals surface area contributed by atoms with Gasteiger partial charge in [0.1, 0.15) is 17.8 Å². The van der Waals surface area contributed by atoms with E-state index in [0.29, 0.717) is 54.7 Å². The number of rotatable bonds is 9. The Balaban J connectivity index is 0.885. The third-order valence-corrected chi connectivity index (χ3v) is 11.5. The van der Waals surface area contributed by atoms with Gasteiger partial charge in [-0.2, -0.15) is 10.2 Å². The van der Waals surface area contributed by atoms with E-state index in [1.54, 1.807) is 31.4 Å². The number of imidazole rings is 1. The molecular weight excluding hydrogens is 719 g/mol. The highest BCUT2D eigenvalue weighted by Gasteiger charge is 2.36. The van der Waals surface area contributed by atoms with E-state index in [9.17, 15) is 28.0 Å². The quantitative estimate of drug-likeness (QED) is 0.212. The third kappa shape index (κ3) is 6.76. The molecule has 1 unspecified atom stereocenters. The zero-order valence-corrected chi connectivity index (χ0v) is 30.4. The summed E-state index contributed by atoms with van der Waals surface area (Å²) < 4.78 is 50.0. The van der Waals surface area contributed by atoms with Gasteiger partial charge in [-0.05, 0) is 69.7 Å². The number of benzene rings is 1. The second-order valence-corrected chi connectivity index (χ2v) is 14.9. The van der Waals surface area contributed by atoms with Crippen molar-refractivity contribution in [3.05, 3.63) is 70.8 Å². The number of piperidine rings is 2. The minimum Gasteiger partial charge on any atom is -0.367 e. The molecule has 3 amide bonds. The molecule has 15 nitrogen and oxygen atoms in total. The molecule has 8 rings (SSSR count). The number of amides is 3. The Hall–Kier alpha value is -5.52. The van der Waals surface area contributed by atoms with Crippen molar-refractivity contribution in [2.75, 3.05) is 36.9 Å². The van der Waals surface area contributed by atoms with E-state index in [1.165, 1.54) is 36.9 Å². The van der Waals surface area contributed by atoms with Crippen LogP contribution in [-0.4, -0.2) is 95.0 Å². The van der Waals surface area contributed by atoms with Crippen molar-refractivity contribution in [2.45, 2.75) is 75.7 Å². The van der Waals surface area contributed by atoms with Gasteiger partial charge in [-0.15, -0.1) is 0 Å². The second-order valence-electron chi connectivity index (χ2n) is 14.9. The molecule has 3 aliphatic rings. The van der Waals surface area contributed by atoms with Gasteiger partial charge in [-0.3, -0.25) is 33.5 Å². The summed E-state index contributed by atoms with van der Waals surface area (Å²) >= 11 is 0. The Morgan fingerprint density at radius 2 is 1.89 bits per heavy atom. The van der Waals surface area contributed by atoms with E-state index in [0.717, 1.165) is 12.8 Å². The van der Waals surface area contributed by atoms with Crippen LogP contribution in [0.4, 0.5) is 24.5 Å². The fourth-order valence-electron chi connectivity index (χ4n) is 8.67. The molecule has 5 aromatic rings. The number of nitrogens with zero attached hydrogens (tertiary/aromatic N) is 9. The molecule has 0 spiro atoms. The number of aryl methyl sites for hydroxylation is 1. The maximum absolute atomic E-state index is 16.0. The SMILES string of the molecule is CN(CC1CCC(n2cc(NC(=O)c3cnn4cccnc34)c(C(F)F)n2)CC1)[C@@H]1CCN(c2cccc3c2n(C)c(=O)n3C2CCC(=O)NC2=O)C[C@@H]1F. The number of carbonyl (C=O) groups is 3. The lowest BCUT2D eigenvalue weighted by atomic mass is 9.85. The van der Waals surface area contributed by atoms with Crippen molar-refractivity contribution in [3.8, 4) is 0 Å². The van der Waals surface area contributed by atoms with Gasteiger partial charge >= 0.3 is 5.69 Å². The molecule has 2 N–H and O–H groups in total. The number of hydrogen-bond acceptors (Lipinski definition) is 9. The molecule has 6 heterocycles. The van der Waals surface area contributed by atoms with Gasteiger partial charge < -0.3 is 15.1 Å². The molecule has 3 fully saturated rings. The molecule has 1 aromatic carbocycles. The lowest BCUT2D eigenvalue weighted by molar-refractivity contribution is -0.135. The van der Waals surface area contributed by atoms with Crippen LogP contribution in [0.2, 0.25) is 0 Å². The highest BCUT2D eigenvalue weighted by atomic mass is 19.3. The van der Waals surface area contributed by atoms with Gasteiger partial charge in [0.25, 0.3) is 12.3 Å². The molecule has 55 heavy (non-hydrogen) atoms. The third-order valence-electron chi connectivity index (χ3n) is 11.5. The van der Waals surface area contributed by atoms with Gasteiger partial charge in [-0.25, -0.2) is 27.5 Å². The molecule has 290 valence electrons. The van der Waals surface area contributed by atoms with E-state index in [2.05, 4.69) is 30.7 Å². The number of fused-ring (bicyclic) bond motifs is 2. The summed E-state index contributed by atoms with van der Waals surface area (Å²) in [7, 11) is 3.59. The van der Waals surface area contributed by atoms with E-state index in [1.807, 2.05) is 18.0 Å². The van der Waals surface area contributed by atoms with Gasteiger partial charge in [0.15, 0.2) is 11.3 Å². The summed E-state index contributed by atoms with van der Waals surface area (Å²) in [6.07, 6.45) is 5.87. The van der Waals surface area contributed by atoms with Crippen molar-refractivity contribution < 1.29 is 27.6 Å². The Morgan fingerprint density at radius 3 is 2.64 bits per heavy atom. The number of anilines is 2. The predicted octanol–water partition coefficient (Wildman–Crippen LogP) is 4.03. The van der Waals surface area contributed by atoms with Gasteiger partial charge in [0.2, 0.25) is 11.8 Å². The Morgan fingerprint density at radius 1 is 1.09 bits per heavy atom. The minimum absolute atomic E-state index is 0.0530. The lowest BCUT2D eigenvalue weighted by Crippen LogP contribution is -2.52. The number of imide groups is 1. The minimum atomic E-state index is -2.89. The Bertz CT molecular complexity index is 2330. The number of halogens is 3. The monoisotopic (exact) mass is 761 g/mol. The zero-order chi connectivity index (χ0) is 38.5. The predicted molar refractivity (Wildman–Crippen MR) is 196 cm³/mol. The van der Waals surface area contributed by atoms with Crippen LogP contribution in [0, 0.1) is 5.92 Å². The van der Waals surface area contributed by atoms with Gasteiger partial charge in [0, 0.05) is 51.2 Å². The Labute approximate surface area is 313 Å². The highest BCUT2D eigenvalue weighted by Crippen LogP contribution is 2.37. The molecule has 3 atom stereocenters. The fraction of sp³-hybridized carbons (Fsp3) is 0.486. The molecule has 2 saturated heterocycles. The summed E-state index contributed by atoms with van der Waals surface area (Å²) in [5.74, 6) is -1.19.